The summed E-state index contributed by atoms with van der Waals surface area (Å²) >= 11 is 0. The summed E-state index contributed by atoms with van der Waals surface area (Å²) < 4.78 is 2.02. The molecular weight excluding hydrogens is 248 g/mol. The van der Waals surface area contributed by atoms with Crippen LogP contribution in [0.2, 0.25) is 0 Å². The lowest BCUT2D eigenvalue weighted by Crippen LogP contribution is -2.09. The molecule has 0 bridgehead atoms. The van der Waals surface area contributed by atoms with Crippen molar-refractivity contribution in [2.45, 2.75) is 46.3 Å². The van der Waals surface area contributed by atoms with Crippen LogP contribution in [0.25, 0.3) is 0 Å². The first-order chi connectivity index (χ1) is 9.61. The second-order valence-electron chi connectivity index (χ2n) is 5.72. The highest BCUT2D eigenvalue weighted by Gasteiger charge is 2.15. The largest absolute Gasteiger partial charge is 0.380 e. The van der Waals surface area contributed by atoms with Crippen molar-refractivity contribution >= 4 is 0 Å². The van der Waals surface area contributed by atoms with E-state index in [1.807, 2.05) is 22.9 Å². The number of aliphatic hydroxyl groups is 1. The number of rotatable bonds is 6. The number of aliphatic hydroxyl groups excluding tert-OH is 1. The Bertz CT molecular complexity index is 528. The lowest BCUT2D eigenvalue weighted by Gasteiger charge is -2.14. The quantitative estimate of drug-likeness (QED) is 0.873. The van der Waals surface area contributed by atoms with E-state index in [1.54, 1.807) is 6.20 Å². The van der Waals surface area contributed by atoms with Gasteiger partial charge < -0.3 is 9.67 Å². The molecule has 1 heterocycles. The third-order valence-corrected chi connectivity index (χ3v) is 3.40. The first-order valence-corrected chi connectivity index (χ1v) is 7.39. The fourth-order valence-electron chi connectivity index (χ4n) is 2.45. The molecule has 2 aromatic rings. The van der Waals surface area contributed by atoms with Gasteiger partial charge in [-0.05, 0) is 29.9 Å². The van der Waals surface area contributed by atoms with Gasteiger partial charge in [0.05, 0.1) is 0 Å². The number of aryl methyl sites for hydroxylation is 1. The third-order valence-electron chi connectivity index (χ3n) is 3.40. The Labute approximate surface area is 121 Å². The zero-order valence-electron chi connectivity index (χ0n) is 12.6. The van der Waals surface area contributed by atoms with Crippen molar-refractivity contribution in [2.24, 2.45) is 5.92 Å². The van der Waals surface area contributed by atoms with Gasteiger partial charge in [-0.2, -0.15) is 0 Å². The number of nitrogens with zero attached hydrogens (tertiary/aromatic N) is 2. The average molecular weight is 272 g/mol. The minimum Gasteiger partial charge on any atom is -0.380 e. The molecule has 0 aliphatic heterocycles. The number of aromatic nitrogens is 2. The SMILES string of the molecule is CCCn1ccnc1C(O)c1ccc(CC(C)C)cc1. The molecule has 0 spiro atoms. The van der Waals surface area contributed by atoms with Crippen molar-refractivity contribution in [3.05, 3.63) is 53.6 Å². The Balaban J connectivity index is 2.16. The zero-order chi connectivity index (χ0) is 14.5. The van der Waals surface area contributed by atoms with E-state index in [-0.39, 0.29) is 0 Å². The normalized spacial score (nSPS) is 12.8. The van der Waals surface area contributed by atoms with Gasteiger partial charge in [0.1, 0.15) is 11.9 Å². The molecule has 1 aromatic heterocycles. The van der Waals surface area contributed by atoms with Crippen molar-refractivity contribution in [3.8, 4) is 0 Å². The van der Waals surface area contributed by atoms with Crippen LogP contribution in [0.15, 0.2) is 36.7 Å². The van der Waals surface area contributed by atoms with Crippen LogP contribution in [0.4, 0.5) is 0 Å². The Morgan fingerprint density at radius 2 is 1.90 bits per heavy atom. The minimum absolute atomic E-state index is 0.647. The molecule has 2 rings (SSSR count). The molecule has 1 aromatic carbocycles. The molecule has 108 valence electrons. The van der Waals surface area contributed by atoms with E-state index in [4.69, 9.17) is 0 Å². The summed E-state index contributed by atoms with van der Waals surface area (Å²) in [6.07, 6.45) is 5.13. The third kappa shape index (κ3) is 3.48. The predicted octanol–water partition coefficient (Wildman–Crippen LogP) is 3.57. The molecule has 1 atom stereocenters. The van der Waals surface area contributed by atoms with Crippen LogP contribution in [-0.4, -0.2) is 14.7 Å². The van der Waals surface area contributed by atoms with Crippen molar-refractivity contribution in [3.63, 3.8) is 0 Å². The molecule has 1 unspecified atom stereocenters. The molecule has 0 saturated carbocycles. The van der Waals surface area contributed by atoms with Gasteiger partial charge in [0.2, 0.25) is 0 Å². The van der Waals surface area contributed by atoms with Gasteiger partial charge in [0.25, 0.3) is 0 Å². The van der Waals surface area contributed by atoms with Crippen molar-refractivity contribution in [1.29, 1.82) is 0 Å². The summed E-state index contributed by atoms with van der Waals surface area (Å²) in [5, 5.41) is 10.5. The predicted molar refractivity (Wildman–Crippen MR) is 81.6 cm³/mol. The van der Waals surface area contributed by atoms with Crippen LogP contribution in [0, 0.1) is 5.92 Å². The fourth-order valence-corrected chi connectivity index (χ4v) is 2.45. The summed E-state index contributed by atoms with van der Waals surface area (Å²) in [6.45, 7) is 7.43. The maximum atomic E-state index is 10.5. The lowest BCUT2D eigenvalue weighted by atomic mass is 10.00. The van der Waals surface area contributed by atoms with Crippen molar-refractivity contribution < 1.29 is 5.11 Å². The molecular formula is C17H24N2O. The van der Waals surface area contributed by atoms with E-state index < -0.39 is 6.10 Å². The Morgan fingerprint density at radius 1 is 1.20 bits per heavy atom. The fraction of sp³-hybridized carbons (Fsp3) is 0.471. The van der Waals surface area contributed by atoms with E-state index in [1.165, 1.54) is 5.56 Å². The molecule has 0 amide bonds. The molecule has 0 radical (unpaired) electrons. The van der Waals surface area contributed by atoms with Crippen LogP contribution in [0.1, 0.15) is 50.2 Å². The van der Waals surface area contributed by atoms with Crippen molar-refractivity contribution in [2.75, 3.05) is 0 Å². The highest BCUT2D eigenvalue weighted by molar-refractivity contribution is 5.27. The number of imidazole rings is 1. The molecule has 0 aliphatic rings. The molecule has 0 fully saturated rings. The number of hydrogen-bond acceptors (Lipinski definition) is 2. The van der Waals surface area contributed by atoms with Gasteiger partial charge in [-0.1, -0.05) is 45.0 Å². The summed E-state index contributed by atoms with van der Waals surface area (Å²) in [5.74, 6) is 1.37. The molecule has 3 nitrogen and oxygen atoms in total. The summed E-state index contributed by atoms with van der Waals surface area (Å²) in [5.41, 5.74) is 2.22. The van der Waals surface area contributed by atoms with E-state index in [9.17, 15) is 5.11 Å². The van der Waals surface area contributed by atoms with E-state index in [0.29, 0.717) is 5.92 Å². The smallest absolute Gasteiger partial charge is 0.142 e. The average Bonchev–Trinajstić information content (AvgIpc) is 2.87. The lowest BCUT2D eigenvalue weighted by molar-refractivity contribution is 0.204. The number of hydrogen-bond donors (Lipinski definition) is 1. The zero-order valence-corrected chi connectivity index (χ0v) is 12.6. The highest BCUT2D eigenvalue weighted by atomic mass is 16.3. The van der Waals surface area contributed by atoms with Gasteiger partial charge in [0, 0.05) is 18.9 Å². The standard InChI is InChI=1S/C17H24N2O/c1-4-10-19-11-9-18-17(19)16(20)15-7-5-14(6-8-15)12-13(2)3/h5-9,11,13,16,20H,4,10,12H2,1-3H3. The minimum atomic E-state index is -0.648. The first kappa shape index (κ1) is 14.8. The molecule has 1 N–H and O–H groups in total. The Morgan fingerprint density at radius 3 is 2.50 bits per heavy atom. The van der Waals surface area contributed by atoms with E-state index in [2.05, 4.69) is 37.9 Å². The molecule has 0 aliphatic carbocycles. The second kappa shape index (κ2) is 6.71. The molecule has 0 saturated heterocycles. The van der Waals surface area contributed by atoms with Gasteiger partial charge >= 0.3 is 0 Å². The van der Waals surface area contributed by atoms with Gasteiger partial charge in [-0.25, -0.2) is 4.98 Å². The van der Waals surface area contributed by atoms with E-state index >= 15 is 0 Å². The molecule has 20 heavy (non-hydrogen) atoms. The molecule has 3 heteroatoms. The Hall–Kier alpha value is -1.61. The summed E-state index contributed by atoms with van der Waals surface area (Å²) in [4.78, 5) is 4.29. The monoisotopic (exact) mass is 272 g/mol. The summed E-state index contributed by atoms with van der Waals surface area (Å²) in [6, 6.07) is 8.22. The Kier molecular flexibility index (Phi) is 4.96. The maximum Gasteiger partial charge on any atom is 0.142 e. The van der Waals surface area contributed by atoms with Gasteiger partial charge in [0.15, 0.2) is 0 Å². The van der Waals surface area contributed by atoms with Crippen LogP contribution >= 0.6 is 0 Å². The number of benzene rings is 1. The van der Waals surface area contributed by atoms with Crippen LogP contribution in [0.5, 0.6) is 0 Å². The first-order valence-electron chi connectivity index (χ1n) is 7.39. The van der Waals surface area contributed by atoms with Crippen molar-refractivity contribution in [1.82, 2.24) is 9.55 Å². The van der Waals surface area contributed by atoms with Gasteiger partial charge in [-0.3, -0.25) is 0 Å². The van der Waals surface area contributed by atoms with Crippen LogP contribution < -0.4 is 0 Å². The van der Waals surface area contributed by atoms with E-state index in [0.717, 1.165) is 30.8 Å². The topological polar surface area (TPSA) is 38.0 Å². The van der Waals surface area contributed by atoms with Gasteiger partial charge in [-0.15, -0.1) is 0 Å². The van der Waals surface area contributed by atoms with Crippen LogP contribution in [0.3, 0.4) is 0 Å². The second-order valence-corrected chi connectivity index (χ2v) is 5.72. The maximum absolute atomic E-state index is 10.5. The summed E-state index contributed by atoms with van der Waals surface area (Å²) in [7, 11) is 0. The van der Waals surface area contributed by atoms with Crippen LogP contribution in [-0.2, 0) is 13.0 Å². The highest BCUT2D eigenvalue weighted by Crippen LogP contribution is 2.22.